The summed E-state index contributed by atoms with van der Waals surface area (Å²) in [5, 5.41) is 11.9. The summed E-state index contributed by atoms with van der Waals surface area (Å²) in [5.74, 6) is -2.19. The lowest BCUT2D eigenvalue weighted by molar-refractivity contribution is -0.137. The van der Waals surface area contributed by atoms with Gasteiger partial charge < -0.3 is 15.2 Å². The van der Waals surface area contributed by atoms with Gasteiger partial charge in [0.25, 0.3) is 5.91 Å². The fraction of sp³-hybridized carbons (Fsp3) is 0.0500. The minimum Gasteiger partial charge on any atom is -0.508 e. The van der Waals surface area contributed by atoms with E-state index in [0.29, 0.717) is 6.07 Å². The highest BCUT2D eigenvalue weighted by molar-refractivity contribution is 6.34. The van der Waals surface area contributed by atoms with E-state index in [1.54, 1.807) is 0 Å². The zero-order valence-electron chi connectivity index (χ0n) is 14.4. The average molecular weight is 426 g/mol. The van der Waals surface area contributed by atoms with Crippen molar-refractivity contribution in [3.05, 3.63) is 82.6 Å². The van der Waals surface area contributed by atoms with Crippen molar-refractivity contribution < 1.29 is 32.2 Å². The summed E-state index contributed by atoms with van der Waals surface area (Å²) in [7, 11) is 0. The molecule has 0 aliphatic carbocycles. The minimum absolute atomic E-state index is 0.0493. The van der Waals surface area contributed by atoms with Crippen LogP contribution in [0.1, 0.15) is 15.9 Å². The standard InChI is InChI=1S/C20H12ClF4NO3/c21-16-2-1-3-17(22)18(16)19(28)26-12-4-6-14(7-5-12)29-15-9-11(20(23,24)25)8-13(27)10-15/h1-10,27H,(H,26,28). The van der Waals surface area contributed by atoms with E-state index in [-0.39, 0.29) is 27.8 Å². The van der Waals surface area contributed by atoms with Crippen LogP contribution in [0.3, 0.4) is 0 Å². The van der Waals surface area contributed by atoms with Gasteiger partial charge in [-0.15, -0.1) is 0 Å². The third-order valence-electron chi connectivity index (χ3n) is 3.76. The molecule has 0 aromatic heterocycles. The monoisotopic (exact) mass is 425 g/mol. The quantitative estimate of drug-likeness (QED) is 0.486. The lowest BCUT2D eigenvalue weighted by Gasteiger charge is -2.12. The van der Waals surface area contributed by atoms with E-state index in [4.69, 9.17) is 16.3 Å². The number of benzene rings is 3. The number of carbonyl (C=O) groups excluding carboxylic acids is 1. The highest BCUT2D eigenvalue weighted by Crippen LogP contribution is 2.36. The molecule has 3 aromatic carbocycles. The number of nitrogens with one attached hydrogen (secondary N) is 1. The molecule has 0 aliphatic heterocycles. The van der Waals surface area contributed by atoms with Crippen LogP contribution in [-0.2, 0) is 6.18 Å². The van der Waals surface area contributed by atoms with Crippen molar-refractivity contribution in [2.24, 2.45) is 0 Å². The van der Waals surface area contributed by atoms with Crippen molar-refractivity contribution >= 4 is 23.2 Å². The SMILES string of the molecule is O=C(Nc1ccc(Oc2cc(O)cc(C(F)(F)F)c2)cc1)c1c(F)cccc1Cl. The Bertz CT molecular complexity index is 1030. The molecular formula is C20H12ClF4NO3. The van der Waals surface area contributed by atoms with Crippen LogP contribution in [0.5, 0.6) is 17.2 Å². The molecule has 4 nitrogen and oxygen atoms in total. The second kappa shape index (κ2) is 8.00. The summed E-state index contributed by atoms with van der Waals surface area (Å²) >= 11 is 5.84. The summed E-state index contributed by atoms with van der Waals surface area (Å²) in [6.45, 7) is 0. The van der Waals surface area contributed by atoms with E-state index >= 15 is 0 Å². The van der Waals surface area contributed by atoms with Gasteiger partial charge in [-0.1, -0.05) is 17.7 Å². The molecular weight excluding hydrogens is 414 g/mol. The Balaban J connectivity index is 1.74. The lowest BCUT2D eigenvalue weighted by atomic mass is 10.2. The Kier molecular flexibility index (Phi) is 5.65. The third kappa shape index (κ3) is 4.97. The Hall–Kier alpha value is -3.26. The molecule has 0 saturated carbocycles. The number of hydrogen-bond donors (Lipinski definition) is 2. The van der Waals surface area contributed by atoms with Crippen LogP contribution < -0.4 is 10.1 Å². The molecule has 2 N–H and O–H groups in total. The van der Waals surface area contributed by atoms with Crippen LogP contribution in [0.2, 0.25) is 5.02 Å². The fourth-order valence-corrected chi connectivity index (χ4v) is 2.71. The number of hydrogen-bond acceptors (Lipinski definition) is 3. The van der Waals surface area contributed by atoms with Gasteiger partial charge in [0, 0.05) is 11.8 Å². The molecule has 0 heterocycles. The van der Waals surface area contributed by atoms with Crippen molar-refractivity contribution in [1.29, 1.82) is 0 Å². The number of ether oxygens (including phenoxy) is 1. The molecule has 1 amide bonds. The first-order chi connectivity index (χ1) is 13.6. The largest absolute Gasteiger partial charge is 0.508 e. The van der Waals surface area contributed by atoms with E-state index in [2.05, 4.69) is 5.32 Å². The summed E-state index contributed by atoms with van der Waals surface area (Å²) in [4.78, 5) is 12.2. The first-order valence-electron chi connectivity index (χ1n) is 8.08. The van der Waals surface area contributed by atoms with E-state index < -0.39 is 29.2 Å². The Morgan fingerprint density at radius 2 is 1.69 bits per heavy atom. The molecule has 0 aliphatic rings. The maximum atomic E-state index is 13.8. The van der Waals surface area contributed by atoms with Gasteiger partial charge in [0.1, 0.15) is 23.1 Å². The second-order valence-corrected chi connectivity index (χ2v) is 6.30. The molecule has 3 aromatic rings. The van der Waals surface area contributed by atoms with Crippen LogP contribution in [0.4, 0.5) is 23.2 Å². The number of aromatic hydroxyl groups is 1. The minimum atomic E-state index is -4.64. The van der Waals surface area contributed by atoms with Gasteiger partial charge in [0.2, 0.25) is 0 Å². The predicted octanol–water partition coefficient (Wildman–Crippen LogP) is 6.25. The number of phenolic OH excluding ortho intramolecular Hbond substituents is 1. The van der Waals surface area contributed by atoms with Crippen molar-refractivity contribution in [1.82, 2.24) is 0 Å². The maximum Gasteiger partial charge on any atom is 0.416 e. The van der Waals surface area contributed by atoms with E-state index in [0.717, 1.165) is 18.2 Å². The molecule has 0 bridgehead atoms. The molecule has 0 saturated heterocycles. The molecule has 0 radical (unpaired) electrons. The van der Waals surface area contributed by atoms with Gasteiger partial charge in [-0.2, -0.15) is 13.2 Å². The molecule has 0 unspecified atom stereocenters. The third-order valence-corrected chi connectivity index (χ3v) is 4.07. The number of carbonyl (C=O) groups is 1. The zero-order valence-corrected chi connectivity index (χ0v) is 15.2. The number of alkyl halides is 3. The van der Waals surface area contributed by atoms with Gasteiger partial charge in [-0.3, -0.25) is 4.79 Å². The first-order valence-corrected chi connectivity index (χ1v) is 8.46. The van der Waals surface area contributed by atoms with Crippen LogP contribution in [0.15, 0.2) is 60.7 Å². The lowest BCUT2D eigenvalue weighted by Crippen LogP contribution is -2.14. The number of rotatable bonds is 4. The molecule has 0 atom stereocenters. The highest BCUT2D eigenvalue weighted by Gasteiger charge is 2.31. The number of amides is 1. The zero-order chi connectivity index (χ0) is 21.2. The molecule has 29 heavy (non-hydrogen) atoms. The highest BCUT2D eigenvalue weighted by atomic mass is 35.5. The number of phenols is 1. The smallest absolute Gasteiger partial charge is 0.416 e. The average Bonchev–Trinajstić information content (AvgIpc) is 2.62. The van der Waals surface area contributed by atoms with Gasteiger partial charge in [0.15, 0.2) is 0 Å². The normalized spacial score (nSPS) is 11.2. The van der Waals surface area contributed by atoms with Gasteiger partial charge >= 0.3 is 6.18 Å². The van der Waals surface area contributed by atoms with Crippen molar-refractivity contribution in [3.8, 4) is 17.2 Å². The van der Waals surface area contributed by atoms with Crippen molar-refractivity contribution in [3.63, 3.8) is 0 Å². The Morgan fingerprint density at radius 1 is 1.00 bits per heavy atom. The molecule has 9 heteroatoms. The molecule has 3 rings (SSSR count). The second-order valence-electron chi connectivity index (χ2n) is 5.89. The van der Waals surface area contributed by atoms with Crippen molar-refractivity contribution in [2.75, 3.05) is 5.32 Å². The van der Waals surface area contributed by atoms with Crippen LogP contribution in [0, 0.1) is 5.82 Å². The van der Waals surface area contributed by atoms with Gasteiger partial charge in [0.05, 0.1) is 16.1 Å². The van der Waals surface area contributed by atoms with E-state index in [1.165, 1.54) is 36.4 Å². The molecule has 0 spiro atoms. The number of anilines is 1. The van der Waals surface area contributed by atoms with Crippen LogP contribution in [-0.4, -0.2) is 11.0 Å². The Labute approximate surface area is 167 Å². The van der Waals surface area contributed by atoms with Crippen LogP contribution >= 0.6 is 11.6 Å². The topological polar surface area (TPSA) is 58.6 Å². The Morgan fingerprint density at radius 3 is 2.31 bits per heavy atom. The summed E-state index contributed by atoms with van der Waals surface area (Å²) < 4.78 is 57.6. The predicted molar refractivity (Wildman–Crippen MR) is 99.0 cm³/mol. The number of halogens is 5. The van der Waals surface area contributed by atoms with Crippen molar-refractivity contribution in [2.45, 2.75) is 6.18 Å². The van der Waals surface area contributed by atoms with Gasteiger partial charge in [-0.05, 0) is 48.5 Å². The summed E-state index contributed by atoms with van der Waals surface area (Å²) in [6.07, 6.45) is -4.64. The molecule has 0 fully saturated rings. The van der Waals surface area contributed by atoms with E-state index in [9.17, 15) is 27.5 Å². The van der Waals surface area contributed by atoms with Crippen LogP contribution in [0.25, 0.3) is 0 Å². The van der Waals surface area contributed by atoms with E-state index in [1.807, 2.05) is 0 Å². The summed E-state index contributed by atoms with van der Waals surface area (Å²) in [6, 6.07) is 11.8. The summed E-state index contributed by atoms with van der Waals surface area (Å²) in [5.41, 5.74) is -1.08. The van der Waals surface area contributed by atoms with Gasteiger partial charge in [-0.25, -0.2) is 4.39 Å². The maximum absolute atomic E-state index is 13.8. The first kappa shape index (κ1) is 20.5. The molecule has 150 valence electrons. The fourth-order valence-electron chi connectivity index (χ4n) is 2.46.